The molecule has 1 N–H and O–H groups in total. The van der Waals surface area contributed by atoms with Gasteiger partial charge in [0.05, 0.1) is 23.4 Å². The van der Waals surface area contributed by atoms with E-state index < -0.39 is 17.7 Å². The largest absolute Gasteiger partial charge is 0.481 e. The molecule has 0 radical (unpaired) electrons. The average Bonchev–Trinajstić information content (AvgIpc) is 2.37. The summed E-state index contributed by atoms with van der Waals surface area (Å²) in [6.45, 7) is 0. The van der Waals surface area contributed by atoms with Crippen LogP contribution in [0.15, 0.2) is 42.5 Å². The number of alkyl halides is 3. The molecule has 0 saturated carbocycles. The number of benzene rings is 1. The number of aromatic nitrogens is 1. The first-order valence-electron chi connectivity index (χ1n) is 5.71. The second-order valence-corrected chi connectivity index (χ2v) is 4.16. The number of nitrogens with zero attached hydrogens (tertiary/aromatic N) is 1. The summed E-state index contributed by atoms with van der Waals surface area (Å²) in [6, 6.07) is 9.40. The average molecular weight is 281 g/mol. The van der Waals surface area contributed by atoms with E-state index in [0.717, 1.165) is 12.1 Å². The molecule has 6 heteroatoms. The molecule has 0 aliphatic heterocycles. The molecule has 0 atom stereocenters. The monoisotopic (exact) mass is 281 g/mol. The van der Waals surface area contributed by atoms with Crippen LogP contribution in [0.1, 0.15) is 11.3 Å². The Bertz CT molecular complexity index is 638. The molecule has 0 bridgehead atoms. The Labute approximate surface area is 112 Å². The lowest BCUT2D eigenvalue weighted by molar-refractivity contribution is -0.138. The number of halogens is 3. The van der Waals surface area contributed by atoms with Crippen molar-refractivity contribution in [3.63, 3.8) is 0 Å². The van der Waals surface area contributed by atoms with E-state index in [-0.39, 0.29) is 6.42 Å². The summed E-state index contributed by atoms with van der Waals surface area (Å²) in [5.74, 6) is -1.04. The van der Waals surface area contributed by atoms with Crippen molar-refractivity contribution in [1.29, 1.82) is 0 Å². The Morgan fingerprint density at radius 3 is 2.50 bits per heavy atom. The first kappa shape index (κ1) is 14.0. The maximum absolute atomic E-state index is 12.6. The molecular weight excluding hydrogens is 271 g/mol. The van der Waals surface area contributed by atoms with Gasteiger partial charge in [-0.3, -0.25) is 9.78 Å². The highest BCUT2D eigenvalue weighted by atomic mass is 19.4. The van der Waals surface area contributed by atoms with Crippen LogP contribution < -0.4 is 0 Å². The van der Waals surface area contributed by atoms with E-state index in [9.17, 15) is 18.0 Å². The minimum absolute atomic E-state index is 0.271. The molecule has 2 rings (SSSR count). The van der Waals surface area contributed by atoms with Crippen LogP contribution in [0.4, 0.5) is 13.2 Å². The van der Waals surface area contributed by atoms with Crippen LogP contribution in [-0.4, -0.2) is 16.1 Å². The Morgan fingerprint density at radius 1 is 1.15 bits per heavy atom. The maximum atomic E-state index is 12.6. The molecule has 20 heavy (non-hydrogen) atoms. The number of hydrogen-bond acceptors (Lipinski definition) is 2. The molecule has 0 unspecified atom stereocenters. The molecule has 0 aliphatic rings. The summed E-state index contributed by atoms with van der Waals surface area (Å²) in [4.78, 5) is 14.7. The van der Waals surface area contributed by atoms with Crippen molar-refractivity contribution < 1.29 is 23.1 Å². The molecule has 1 heterocycles. The predicted octanol–water partition coefficient (Wildman–Crippen LogP) is 3.39. The molecule has 0 spiro atoms. The lowest BCUT2D eigenvalue weighted by Gasteiger charge is -2.09. The van der Waals surface area contributed by atoms with Crippen LogP contribution in [0.2, 0.25) is 0 Å². The van der Waals surface area contributed by atoms with Crippen molar-refractivity contribution in [3.8, 4) is 11.3 Å². The summed E-state index contributed by atoms with van der Waals surface area (Å²) in [5.41, 5.74) is 0.148. The first-order chi connectivity index (χ1) is 9.36. The Morgan fingerprint density at radius 2 is 1.85 bits per heavy atom. The van der Waals surface area contributed by atoms with Gasteiger partial charge >= 0.3 is 12.1 Å². The van der Waals surface area contributed by atoms with Crippen molar-refractivity contribution in [2.75, 3.05) is 0 Å². The minimum atomic E-state index is -4.42. The summed E-state index contributed by atoms with van der Waals surface area (Å²) < 4.78 is 37.9. The second kappa shape index (κ2) is 5.32. The lowest BCUT2D eigenvalue weighted by atomic mass is 10.1. The number of carboxylic acid groups (broad SMARTS) is 1. The summed E-state index contributed by atoms with van der Waals surface area (Å²) in [6.07, 6.45) is -4.69. The van der Waals surface area contributed by atoms with Crippen LogP contribution in [0.3, 0.4) is 0 Å². The number of carbonyl (C=O) groups is 1. The van der Waals surface area contributed by atoms with Crippen LogP contribution >= 0.6 is 0 Å². The SMILES string of the molecule is O=C(O)Cc1cccc(-c2cccc(C(F)(F)F)c2)n1. The van der Waals surface area contributed by atoms with Gasteiger partial charge in [0, 0.05) is 5.56 Å². The van der Waals surface area contributed by atoms with Gasteiger partial charge in [-0.2, -0.15) is 13.2 Å². The van der Waals surface area contributed by atoms with Gasteiger partial charge in [-0.25, -0.2) is 0 Å². The van der Waals surface area contributed by atoms with Gasteiger partial charge in [-0.15, -0.1) is 0 Å². The molecule has 2 aromatic rings. The van der Waals surface area contributed by atoms with Crippen molar-refractivity contribution >= 4 is 5.97 Å². The van der Waals surface area contributed by atoms with Crippen LogP contribution in [0.25, 0.3) is 11.3 Å². The van der Waals surface area contributed by atoms with Crippen molar-refractivity contribution in [1.82, 2.24) is 4.98 Å². The predicted molar refractivity (Wildman–Crippen MR) is 66.0 cm³/mol. The molecule has 1 aromatic heterocycles. The van der Waals surface area contributed by atoms with Gasteiger partial charge in [0.1, 0.15) is 0 Å². The van der Waals surface area contributed by atoms with E-state index in [0.29, 0.717) is 17.0 Å². The number of rotatable bonds is 3. The van der Waals surface area contributed by atoms with Gasteiger partial charge in [0.2, 0.25) is 0 Å². The van der Waals surface area contributed by atoms with Crippen LogP contribution in [-0.2, 0) is 17.4 Å². The standard InChI is InChI=1S/C14H10F3NO2/c15-14(16,17)10-4-1-3-9(7-10)12-6-2-5-11(18-12)8-13(19)20/h1-7H,8H2,(H,19,20). The van der Waals surface area contributed by atoms with Crippen molar-refractivity contribution in [2.24, 2.45) is 0 Å². The number of hydrogen-bond donors (Lipinski definition) is 1. The highest BCUT2D eigenvalue weighted by Gasteiger charge is 2.30. The third-order valence-corrected chi connectivity index (χ3v) is 2.62. The van der Waals surface area contributed by atoms with E-state index in [1.54, 1.807) is 12.1 Å². The molecule has 104 valence electrons. The van der Waals surface area contributed by atoms with Gasteiger partial charge in [0.25, 0.3) is 0 Å². The molecule has 0 amide bonds. The number of carboxylic acids is 1. The maximum Gasteiger partial charge on any atom is 0.416 e. The normalized spacial score (nSPS) is 11.3. The lowest BCUT2D eigenvalue weighted by Crippen LogP contribution is -2.05. The highest BCUT2D eigenvalue weighted by molar-refractivity contribution is 5.70. The molecule has 0 saturated heterocycles. The summed E-state index contributed by atoms with van der Waals surface area (Å²) >= 11 is 0. The zero-order valence-electron chi connectivity index (χ0n) is 10.2. The van der Waals surface area contributed by atoms with Crippen molar-refractivity contribution in [3.05, 3.63) is 53.7 Å². The molecule has 1 aromatic carbocycles. The zero-order chi connectivity index (χ0) is 14.8. The fourth-order valence-electron chi connectivity index (χ4n) is 1.75. The number of pyridine rings is 1. The topological polar surface area (TPSA) is 50.2 Å². The molecule has 0 fully saturated rings. The third kappa shape index (κ3) is 3.34. The fourth-order valence-corrected chi connectivity index (χ4v) is 1.75. The Hall–Kier alpha value is -2.37. The smallest absolute Gasteiger partial charge is 0.416 e. The van der Waals surface area contributed by atoms with Gasteiger partial charge < -0.3 is 5.11 Å². The minimum Gasteiger partial charge on any atom is -0.481 e. The van der Waals surface area contributed by atoms with Crippen molar-refractivity contribution in [2.45, 2.75) is 12.6 Å². The highest BCUT2D eigenvalue weighted by Crippen LogP contribution is 2.31. The van der Waals surface area contributed by atoms with E-state index >= 15 is 0 Å². The number of aliphatic carboxylic acids is 1. The summed E-state index contributed by atoms with van der Waals surface area (Å²) in [7, 11) is 0. The van der Waals surface area contributed by atoms with Crippen LogP contribution in [0.5, 0.6) is 0 Å². The quantitative estimate of drug-likeness (QED) is 0.938. The third-order valence-electron chi connectivity index (χ3n) is 2.62. The summed E-state index contributed by atoms with van der Waals surface area (Å²) in [5, 5.41) is 8.69. The second-order valence-electron chi connectivity index (χ2n) is 4.16. The Balaban J connectivity index is 2.39. The van der Waals surface area contributed by atoms with E-state index in [2.05, 4.69) is 4.98 Å². The van der Waals surface area contributed by atoms with E-state index in [1.807, 2.05) is 0 Å². The first-order valence-corrected chi connectivity index (χ1v) is 5.71. The van der Waals surface area contributed by atoms with Crippen LogP contribution in [0, 0.1) is 0 Å². The molecule has 3 nitrogen and oxygen atoms in total. The van der Waals surface area contributed by atoms with Gasteiger partial charge in [-0.1, -0.05) is 18.2 Å². The fraction of sp³-hybridized carbons (Fsp3) is 0.143. The van der Waals surface area contributed by atoms with Gasteiger partial charge in [0.15, 0.2) is 0 Å². The molecular formula is C14H10F3NO2. The molecule has 0 aliphatic carbocycles. The van der Waals surface area contributed by atoms with E-state index in [1.165, 1.54) is 18.2 Å². The Kier molecular flexibility index (Phi) is 3.74. The van der Waals surface area contributed by atoms with E-state index in [4.69, 9.17) is 5.11 Å². The zero-order valence-corrected chi connectivity index (χ0v) is 10.2. The van der Waals surface area contributed by atoms with Gasteiger partial charge in [-0.05, 0) is 24.3 Å².